The summed E-state index contributed by atoms with van der Waals surface area (Å²) >= 11 is 0. The minimum absolute atomic E-state index is 0.0433. The van der Waals surface area contributed by atoms with Gasteiger partial charge in [0.1, 0.15) is 11.4 Å². The van der Waals surface area contributed by atoms with Gasteiger partial charge in [0.25, 0.3) is 5.91 Å². The molecule has 3 atom stereocenters. The summed E-state index contributed by atoms with van der Waals surface area (Å²) in [6.45, 7) is 13.8. The van der Waals surface area contributed by atoms with Crippen LogP contribution in [-0.4, -0.2) is 92.0 Å². The van der Waals surface area contributed by atoms with Crippen molar-refractivity contribution in [1.29, 1.82) is 0 Å². The molecule has 2 heterocycles. The third kappa shape index (κ3) is 8.89. The Kier molecular flexibility index (Phi) is 11.6. The predicted octanol–water partition coefficient (Wildman–Crippen LogP) is 5.88. The molecule has 12 heteroatoms. The maximum Gasteiger partial charge on any atom is 0.410 e. The normalized spacial score (nSPS) is 20.8. The van der Waals surface area contributed by atoms with Crippen LogP contribution in [0.25, 0.3) is 0 Å². The van der Waals surface area contributed by atoms with Crippen LogP contribution in [0.5, 0.6) is 5.75 Å². The van der Waals surface area contributed by atoms with E-state index in [1.165, 1.54) is 4.90 Å². The van der Waals surface area contributed by atoms with Gasteiger partial charge in [0, 0.05) is 52.2 Å². The van der Waals surface area contributed by atoms with Crippen LogP contribution in [0, 0.1) is 11.8 Å². The highest BCUT2D eigenvalue weighted by Gasteiger charge is 2.46. The van der Waals surface area contributed by atoms with Crippen molar-refractivity contribution in [3.63, 3.8) is 0 Å². The maximum absolute atomic E-state index is 14.7. The van der Waals surface area contributed by atoms with E-state index in [9.17, 15) is 19.2 Å². The summed E-state index contributed by atoms with van der Waals surface area (Å²) in [7, 11) is 3.23. The van der Waals surface area contributed by atoms with Gasteiger partial charge in [-0.3, -0.25) is 14.4 Å². The van der Waals surface area contributed by atoms with Gasteiger partial charge in [0.05, 0.1) is 29.2 Å². The molecule has 12 nitrogen and oxygen atoms in total. The largest absolute Gasteiger partial charge is 0.476 e. The molecule has 0 bridgehead atoms. The molecular weight excluding hydrogens is 664 g/mol. The Bertz CT molecular complexity index is 1620. The first-order valence-electron chi connectivity index (χ1n) is 18.3. The minimum atomic E-state index is -1.05. The van der Waals surface area contributed by atoms with Crippen LogP contribution in [0.15, 0.2) is 48.5 Å². The number of likely N-dealkylation sites (tertiary alicyclic amines) is 1. The zero-order chi connectivity index (χ0) is 38.0. The second-order valence-corrected chi connectivity index (χ2v) is 16.2. The van der Waals surface area contributed by atoms with Crippen molar-refractivity contribution in [2.45, 2.75) is 103 Å². The lowest BCUT2D eigenvalue weighted by Gasteiger charge is -2.41. The van der Waals surface area contributed by atoms with E-state index in [0.29, 0.717) is 36.7 Å². The van der Waals surface area contributed by atoms with E-state index >= 15 is 0 Å². The van der Waals surface area contributed by atoms with Gasteiger partial charge in [-0.2, -0.15) is 0 Å². The summed E-state index contributed by atoms with van der Waals surface area (Å²) in [5, 5.41) is 3.20. The molecule has 0 radical (unpaired) electrons. The predicted molar refractivity (Wildman–Crippen MR) is 198 cm³/mol. The quantitative estimate of drug-likeness (QED) is 0.270. The fraction of sp³-hybridized carbons (Fsp3) is 0.600. The van der Waals surface area contributed by atoms with E-state index in [1.54, 1.807) is 58.6 Å². The molecule has 4 amide bonds. The Morgan fingerprint density at radius 1 is 1.00 bits per heavy atom. The Morgan fingerprint density at radius 2 is 1.67 bits per heavy atom. The minimum Gasteiger partial charge on any atom is -0.476 e. The van der Waals surface area contributed by atoms with Crippen molar-refractivity contribution in [3.8, 4) is 5.75 Å². The first-order valence-corrected chi connectivity index (χ1v) is 18.3. The number of ether oxygens (including phenoxy) is 4. The lowest BCUT2D eigenvalue weighted by atomic mass is 9.86. The number of carbonyl (C=O) groups excluding carboxylic acids is 4. The van der Waals surface area contributed by atoms with Crippen molar-refractivity contribution >= 4 is 35.2 Å². The second kappa shape index (κ2) is 15.4. The van der Waals surface area contributed by atoms with E-state index in [-0.39, 0.29) is 43.3 Å². The number of carbonyl (C=O) groups is 4. The molecule has 2 fully saturated rings. The van der Waals surface area contributed by atoms with Gasteiger partial charge < -0.3 is 39.0 Å². The Hall–Kier alpha value is -4.16. The van der Waals surface area contributed by atoms with Crippen molar-refractivity contribution in [2.24, 2.45) is 11.8 Å². The number of hydrogen-bond donors (Lipinski definition) is 1. The summed E-state index contributed by atoms with van der Waals surface area (Å²) in [5.41, 5.74) is -0.447. The van der Waals surface area contributed by atoms with Crippen molar-refractivity contribution < 1.29 is 38.1 Å². The van der Waals surface area contributed by atoms with Crippen LogP contribution in [0.3, 0.4) is 0 Å². The van der Waals surface area contributed by atoms with E-state index in [4.69, 9.17) is 18.9 Å². The number of nitrogens with one attached hydrogen (secondary N) is 1. The molecule has 2 aromatic rings. The maximum atomic E-state index is 14.7. The zero-order valence-corrected chi connectivity index (χ0v) is 32.2. The third-order valence-electron chi connectivity index (χ3n) is 9.98. The molecular formula is C40H56N4O8. The lowest BCUT2D eigenvalue weighted by molar-refractivity contribution is -0.133. The van der Waals surface area contributed by atoms with Gasteiger partial charge in [-0.15, -0.1) is 0 Å². The first-order chi connectivity index (χ1) is 24.5. The fourth-order valence-electron chi connectivity index (χ4n) is 6.97. The molecule has 1 saturated heterocycles. The Labute approximate surface area is 308 Å². The van der Waals surface area contributed by atoms with Crippen LogP contribution < -0.4 is 19.9 Å². The summed E-state index contributed by atoms with van der Waals surface area (Å²) in [6.07, 6.45) is 1.94. The molecule has 52 heavy (non-hydrogen) atoms. The van der Waals surface area contributed by atoms with Crippen molar-refractivity contribution in [3.05, 3.63) is 54.1 Å². The summed E-state index contributed by atoms with van der Waals surface area (Å²) in [5.74, 6) is -1.44. The highest BCUT2D eigenvalue weighted by atomic mass is 16.6. The molecule has 5 rings (SSSR count). The number of fused-ring (bicyclic) bond motifs is 1. The van der Waals surface area contributed by atoms with Gasteiger partial charge in [0.15, 0.2) is 5.60 Å². The number of benzene rings is 2. The molecule has 3 aliphatic rings. The number of hydrogen-bond acceptors (Lipinski definition) is 8. The molecule has 1 aliphatic carbocycles. The average molecular weight is 721 g/mol. The molecule has 284 valence electrons. The number of anilines is 2. The average Bonchev–Trinajstić information content (AvgIpc) is 3.93. The summed E-state index contributed by atoms with van der Waals surface area (Å²) < 4.78 is 23.0. The lowest BCUT2D eigenvalue weighted by Crippen LogP contribution is -2.55. The van der Waals surface area contributed by atoms with Crippen LogP contribution in [0.2, 0.25) is 0 Å². The van der Waals surface area contributed by atoms with E-state index in [2.05, 4.69) is 5.32 Å². The first kappa shape index (κ1) is 39.1. The molecule has 0 spiro atoms. The Balaban J connectivity index is 1.46. The number of rotatable bonds is 12. The van der Waals surface area contributed by atoms with Crippen LogP contribution in [-0.2, 0) is 28.6 Å². The summed E-state index contributed by atoms with van der Waals surface area (Å²) in [4.78, 5) is 61.0. The van der Waals surface area contributed by atoms with Gasteiger partial charge in [-0.25, -0.2) is 4.79 Å². The van der Waals surface area contributed by atoms with Crippen LogP contribution in [0.1, 0.15) is 85.8 Å². The summed E-state index contributed by atoms with van der Waals surface area (Å²) in [6, 6.07) is 14.6. The number of amides is 4. The smallest absolute Gasteiger partial charge is 0.410 e. The van der Waals surface area contributed by atoms with Crippen molar-refractivity contribution in [1.82, 2.24) is 10.2 Å². The van der Waals surface area contributed by atoms with Gasteiger partial charge >= 0.3 is 6.09 Å². The number of piperidine rings is 1. The molecule has 2 aromatic carbocycles. The van der Waals surface area contributed by atoms with E-state index in [1.807, 2.05) is 62.4 Å². The van der Waals surface area contributed by atoms with Gasteiger partial charge in [-0.05, 0) is 97.9 Å². The molecule has 1 N–H and O–H groups in total. The van der Waals surface area contributed by atoms with Gasteiger partial charge in [0.2, 0.25) is 11.8 Å². The molecule has 2 aliphatic heterocycles. The number of nitrogens with zero attached hydrogens (tertiary/aromatic N) is 3. The molecule has 0 aromatic heterocycles. The third-order valence-corrected chi connectivity index (χ3v) is 9.98. The Morgan fingerprint density at radius 3 is 2.29 bits per heavy atom. The standard InChI is InChI=1S/C40H56N4O8/c1-38(2,3)52-37(48)42-24-27(34(45)41-33(39(4,5)50-9)26-14-11-10-12-15-26)22-28(25-42)35(46)44(29-16-17-29)30-18-19-32-31(23-30)43(20-13-21-49-8)36(47)40(6,7)51-32/h10-12,14-15,18-19,23,27-29,33H,13,16-17,20-22,24-25H2,1-9H3,(H,41,45)/t27-,28+,33-/m0/s1. The molecule has 0 unspecified atom stereocenters. The second-order valence-electron chi connectivity index (χ2n) is 16.2. The highest BCUT2D eigenvalue weighted by Crippen LogP contribution is 2.43. The topological polar surface area (TPSA) is 127 Å². The van der Waals surface area contributed by atoms with E-state index in [0.717, 1.165) is 18.4 Å². The number of methoxy groups -OCH3 is 2. The zero-order valence-electron chi connectivity index (χ0n) is 32.2. The molecule has 1 saturated carbocycles. The SMILES string of the molecule is COCCCN1C(=O)C(C)(C)Oc2ccc(N(C(=O)[C@@H]3C[C@H](C(=O)N[C@@H](c4ccccc4)C(C)(C)OC)CN(C(=O)OC(C)(C)C)C3)C3CC3)cc21. The van der Waals surface area contributed by atoms with Crippen LogP contribution >= 0.6 is 0 Å². The monoisotopic (exact) mass is 720 g/mol. The van der Waals surface area contributed by atoms with Crippen molar-refractivity contribution in [2.75, 3.05) is 50.3 Å². The highest BCUT2D eigenvalue weighted by molar-refractivity contribution is 6.04. The fourth-order valence-corrected chi connectivity index (χ4v) is 6.97. The van der Waals surface area contributed by atoms with E-state index < -0.39 is 40.8 Å². The van der Waals surface area contributed by atoms with Gasteiger partial charge in [-0.1, -0.05) is 30.3 Å². The van der Waals surface area contributed by atoms with Crippen LogP contribution in [0.4, 0.5) is 16.2 Å².